The molecule has 18 heavy (non-hydrogen) atoms. The molecule has 1 aliphatic heterocycles. The maximum Gasteiger partial charge on any atom is 0.345 e. The summed E-state index contributed by atoms with van der Waals surface area (Å²) in [6.45, 7) is 2.43. The molecule has 1 aromatic carbocycles. The number of carbonyl (C=O) groups excluding carboxylic acids is 1. The SMILES string of the molecule is CCOC(=O)C1(c2ccc(OC)c(OC)c2)CO1. The van der Waals surface area contributed by atoms with E-state index in [9.17, 15) is 4.79 Å². The average molecular weight is 252 g/mol. The molecule has 1 atom stereocenters. The highest BCUT2D eigenvalue weighted by atomic mass is 16.6. The molecule has 0 amide bonds. The Morgan fingerprint density at radius 3 is 2.50 bits per heavy atom. The van der Waals surface area contributed by atoms with Crippen molar-refractivity contribution < 1.29 is 23.7 Å². The van der Waals surface area contributed by atoms with E-state index in [1.165, 1.54) is 0 Å². The number of benzene rings is 1. The van der Waals surface area contributed by atoms with Gasteiger partial charge in [0.15, 0.2) is 11.5 Å². The number of rotatable bonds is 5. The Morgan fingerprint density at radius 1 is 1.33 bits per heavy atom. The fraction of sp³-hybridized carbons (Fsp3) is 0.462. The summed E-state index contributed by atoms with van der Waals surface area (Å²) in [4.78, 5) is 11.9. The predicted octanol–water partition coefficient (Wildman–Crippen LogP) is 1.49. The lowest BCUT2D eigenvalue weighted by atomic mass is 9.99. The van der Waals surface area contributed by atoms with Crippen LogP contribution in [0.2, 0.25) is 0 Å². The molecular formula is C13H16O5. The largest absolute Gasteiger partial charge is 0.493 e. The summed E-state index contributed by atoms with van der Waals surface area (Å²) in [5, 5.41) is 0. The van der Waals surface area contributed by atoms with Gasteiger partial charge in [-0.05, 0) is 19.1 Å². The van der Waals surface area contributed by atoms with Crippen LogP contribution in [-0.2, 0) is 19.9 Å². The summed E-state index contributed by atoms with van der Waals surface area (Å²) >= 11 is 0. The molecule has 5 nitrogen and oxygen atoms in total. The number of carbonyl (C=O) groups is 1. The van der Waals surface area contributed by atoms with Crippen molar-refractivity contribution >= 4 is 5.97 Å². The van der Waals surface area contributed by atoms with Crippen molar-refractivity contribution in [3.05, 3.63) is 23.8 Å². The van der Waals surface area contributed by atoms with Crippen LogP contribution >= 0.6 is 0 Å². The van der Waals surface area contributed by atoms with Crippen molar-refractivity contribution in [3.63, 3.8) is 0 Å². The van der Waals surface area contributed by atoms with Gasteiger partial charge in [0.05, 0.1) is 27.4 Å². The van der Waals surface area contributed by atoms with Gasteiger partial charge in [-0.3, -0.25) is 0 Å². The monoisotopic (exact) mass is 252 g/mol. The third-order valence-corrected chi connectivity index (χ3v) is 2.89. The van der Waals surface area contributed by atoms with E-state index in [2.05, 4.69) is 0 Å². The van der Waals surface area contributed by atoms with Crippen LogP contribution in [0.15, 0.2) is 18.2 Å². The molecular weight excluding hydrogens is 236 g/mol. The van der Waals surface area contributed by atoms with Crippen LogP contribution in [0.4, 0.5) is 0 Å². The predicted molar refractivity (Wildman–Crippen MR) is 63.8 cm³/mol. The first-order valence-corrected chi connectivity index (χ1v) is 5.71. The van der Waals surface area contributed by atoms with E-state index in [-0.39, 0.29) is 5.97 Å². The molecule has 0 spiro atoms. The smallest absolute Gasteiger partial charge is 0.345 e. The van der Waals surface area contributed by atoms with Gasteiger partial charge in [0.1, 0.15) is 0 Å². The third-order valence-electron chi connectivity index (χ3n) is 2.89. The Bertz CT molecular complexity index is 451. The molecule has 2 rings (SSSR count). The van der Waals surface area contributed by atoms with E-state index in [0.717, 1.165) is 5.56 Å². The fourth-order valence-corrected chi connectivity index (χ4v) is 1.81. The van der Waals surface area contributed by atoms with Crippen molar-refractivity contribution in [2.45, 2.75) is 12.5 Å². The van der Waals surface area contributed by atoms with Crippen LogP contribution in [0.3, 0.4) is 0 Å². The van der Waals surface area contributed by atoms with Gasteiger partial charge in [-0.2, -0.15) is 0 Å². The molecule has 98 valence electrons. The number of ether oxygens (including phenoxy) is 4. The lowest BCUT2D eigenvalue weighted by Crippen LogP contribution is -2.24. The summed E-state index contributed by atoms with van der Waals surface area (Å²) in [6, 6.07) is 5.27. The molecule has 0 radical (unpaired) electrons. The summed E-state index contributed by atoms with van der Waals surface area (Å²) in [7, 11) is 3.11. The third kappa shape index (κ3) is 2.01. The summed E-state index contributed by atoms with van der Waals surface area (Å²) in [6.07, 6.45) is 0. The van der Waals surface area contributed by atoms with Gasteiger partial charge in [-0.25, -0.2) is 4.79 Å². The van der Waals surface area contributed by atoms with Gasteiger partial charge in [0.25, 0.3) is 0 Å². The molecule has 1 unspecified atom stereocenters. The minimum atomic E-state index is -0.963. The summed E-state index contributed by atoms with van der Waals surface area (Å²) in [5.41, 5.74) is -0.242. The minimum absolute atomic E-state index is 0.331. The van der Waals surface area contributed by atoms with Crippen LogP contribution in [0.5, 0.6) is 11.5 Å². The second kappa shape index (κ2) is 4.86. The topological polar surface area (TPSA) is 57.3 Å². The number of methoxy groups -OCH3 is 2. The van der Waals surface area contributed by atoms with E-state index in [0.29, 0.717) is 24.7 Å². The highest BCUT2D eigenvalue weighted by Crippen LogP contribution is 2.43. The lowest BCUT2D eigenvalue weighted by Gasteiger charge is -2.14. The fourth-order valence-electron chi connectivity index (χ4n) is 1.81. The normalized spacial score (nSPS) is 21.3. The minimum Gasteiger partial charge on any atom is -0.493 e. The zero-order valence-electron chi connectivity index (χ0n) is 10.7. The Kier molecular flexibility index (Phi) is 3.43. The van der Waals surface area contributed by atoms with Gasteiger partial charge in [-0.15, -0.1) is 0 Å². The van der Waals surface area contributed by atoms with Crippen LogP contribution in [0.1, 0.15) is 12.5 Å². The van der Waals surface area contributed by atoms with Crippen molar-refractivity contribution in [2.24, 2.45) is 0 Å². The molecule has 0 N–H and O–H groups in total. The molecule has 1 aliphatic rings. The van der Waals surface area contributed by atoms with Gasteiger partial charge >= 0.3 is 5.97 Å². The first-order chi connectivity index (χ1) is 8.67. The number of hydrogen-bond donors (Lipinski definition) is 0. The molecule has 1 heterocycles. The Balaban J connectivity index is 2.31. The summed E-state index contributed by atoms with van der Waals surface area (Å²) in [5.74, 6) is 0.812. The quantitative estimate of drug-likeness (QED) is 0.587. The molecule has 0 saturated carbocycles. The average Bonchev–Trinajstić information content (AvgIpc) is 3.19. The standard InChI is InChI=1S/C13H16O5/c1-4-17-12(14)13(8-18-13)9-5-6-10(15-2)11(7-9)16-3/h5-7H,4,8H2,1-3H3. The lowest BCUT2D eigenvalue weighted by molar-refractivity contribution is -0.149. The second-order valence-corrected chi connectivity index (χ2v) is 3.91. The van der Waals surface area contributed by atoms with Gasteiger partial charge in [-0.1, -0.05) is 6.07 Å². The molecule has 5 heteroatoms. The van der Waals surface area contributed by atoms with E-state index in [1.807, 2.05) is 0 Å². The molecule has 0 bridgehead atoms. The number of epoxide rings is 1. The Morgan fingerprint density at radius 2 is 2.00 bits per heavy atom. The van der Waals surface area contributed by atoms with E-state index in [4.69, 9.17) is 18.9 Å². The molecule has 0 aliphatic carbocycles. The summed E-state index contributed by atoms with van der Waals surface area (Å²) < 4.78 is 20.7. The highest BCUT2D eigenvalue weighted by Gasteiger charge is 2.55. The zero-order valence-corrected chi connectivity index (χ0v) is 10.7. The van der Waals surface area contributed by atoms with Crippen molar-refractivity contribution in [1.29, 1.82) is 0 Å². The van der Waals surface area contributed by atoms with Crippen LogP contribution in [0.25, 0.3) is 0 Å². The first-order valence-electron chi connectivity index (χ1n) is 5.71. The molecule has 1 fully saturated rings. The first kappa shape index (κ1) is 12.7. The van der Waals surface area contributed by atoms with Gasteiger partial charge in [0.2, 0.25) is 5.60 Å². The van der Waals surface area contributed by atoms with E-state index in [1.54, 1.807) is 39.3 Å². The highest BCUT2D eigenvalue weighted by molar-refractivity contribution is 5.84. The maximum absolute atomic E-state index is 11.9. The van der Waals surface area contributed by atoms with E-state index < -0.39 is 5.60 Å². The van der Waals surface area contributed by atoms with Gasteiger partial charge < -0.3 is 18.9 Å². The molecule has 1 saturated heterocycles. The van der Waals surface area contributed by atoms with Crippen LogP contribution in [0, 0.1) is 0 Å². The van der Waals surface area contributed by atoms with Crippen molar-refractivity contribution in [2.75, 3.05) is 27.4 Å². The van der Waals surface area contributed by atoms with Crippen LogP contribution < -0.4 is 9.47 Å². The van der Waals surface area contributed by atoms with Crippen molar-refractivity contribution in [1.82, 2.24) is 0 Å². The zero-order chi connectivity index (χ0) is 13.2. The molecule has 1 aromatic rings. The Labute approximate surface area is 106 Å². The number of esters is 1. The number of hydrogen-bond acceptors (Lipinski definition) is 5. The maximum atomic E-state index is 11.9. The van der Waals surface area contributed by atoms with E-state index >= 15 is 0 Å². The van der Waals surface area contributed by atoms with Crippen molar-refractivity contribution in [3.8, 4) is 11.5 Å². The van der Waals surface area contributed by atoms with Gasteiger partial charge in [0, 0.05) is 5.56 Å². The molecule has 0 aromatic heterocycles. The van der Waals surface area contributed by atoms with Crippen LogP contribution in [-0.4, -0.2) is 33.4 Å². The Hall–Kier alpha value is -1.75. The second-order valence-electron chi connectivity index (χ2n) is 3.91.